The molecule has 1 aliphatic rings. The average molecular weight is 171 g/mol. The Balaban J connectivity index is 1.98. The standard InChI is InChI=1S/C10H21NO/c1-8(11-7-9(2)12)6-10-4-3-5-10/h8-12H,3-7H2,1-2H3/t8?,9-/m1/s1. The molecule has 0 aromatic rings. The summed E-state index contributed by atoms with van der Waals surface area (Å²) in [7, 11) is 0. The lowest BCUT2D eigenvalue weighted by Gasteiger charge is -2.28. The summed E-state index contributed by atoms with van der Waals surface area (Å²) < 4.78 is 0. The van der Waals surface area contributed by atoms with Crippen LogP contribution < -0.4 is 5.32 Å². The Morgan fingerprint density at radius 1 is 1.42 bits per heavy atom. The van der Waals surface area contributed by atoms with Gasteiger partial charge in [-0.25, -0.2) is 0 Å². The van der Waals surface area contributed by atoms with E-state index in [4.69, 9.17) is 5.11 Å². The highest BCUT2D eigenvalue weighted by atomic mass is 16.3. The number of aliphatic hydroxyl groups excluding tert-OH is 1. The minimum atomic E-state index is -0.214. The van der Waals surface area contributed by atoms with Crippen LogP contribution in [0.4, 0.5) is 0 Å². The van der Waals surface area contributed by atoms with Gasteiger partial charge in [0.1, 0.15) is 0 Å². The van der Waals surface area contributed by atoms with Crippen LogP contribution in [0, 0.1) is 5.92 Å². The maximum absolute atomic E-state index is 9.04. The quantitative estimate of drug-likeness (QED) is 0.657. The minimum Gasteiger partial charge on any atom is -0.392 e. The van der Waals surface area contributed by atoms with Crippen molar-refractivity contribution in [2.45, 2.75) is 51.7 Å². The van der Waals surface area contributed by atoms with Crippen LogP contribution in [-0.2, 0) is 0 Å². The van der Waals surface area contributed by atoms with Gasteiger partial charge in [-0.15, -0.1) is 0 Å². The number of hydrogen-bond donors (Lipinski definition) is 2. The molecule has 72 valence electrons. The Bertz CT molecular complexity index is 121. The molecule has 2 N–H and O–H groups in total. The lowest BCUT2D eigenvalue weighted by molar-refractivity contribution is 0.180. The molecule has 1 rings (SSSR count). The van der Waals surface area contributed by atoms with Gasteiger partial charge in [0, 0.05) is 12.6 Å². The molecule has 0 aliphatic heterocycles. The molecule has 0 radical (unpaired) electrons. The number of hydrogen-bond acceptors (Lipinski definition) is 2. The zero-order valence-electron chi connectivity index (χ0n) is 8.21. The molecule has 1 unspecified atom stereocenters. The first kappa shape index (κ1) is 10.0. The molecule has 2 heteroatoms. The molecule has 1 fully saturated rings. The maximum atomic E-state index is 9.04. The monoisotopic (exact) mass is 171 g/mol. The molecular formula is C10H21NO. The van der Waals surface area contributed by atoms with Gasteiger partial charge in [-0.05, 0) is 26.2 Å². The number of nitrogens with one attached hydrogen (secondary N) is 1. The maximum Gasteiger partial charge on any atom is 0.0636 e. The van der Waals surface area contributed by atoms with E-state index in [2.05, 4.69) is 12.2 Å². The van der Waals surface area contributed by atoms with Crippen LogP contribution in [0.15, 0.2) is 0 Å². The second-order valence-electron chi connectivity index (χ2n) is 4.19. The predicted molar refractivity (Wildman–Crippen MR) is 51.1 cm³/mol. The van der Waals surface area contributed by atoms with Gasteiger partial charge in [-0.2, -0.15) is 0 Å². The smallest absolute Gasteiger partial charge is 0.0636 e. The fourth-order valence-electron chi connectivity index (χ4n) is 1.68. The van der Waals surface area contributed by atoms with Gasteiger partial charge in [0.2, 0.25) is 0 Å². The van der Waals surface area contributed by atoms with Crippen molar-refractivity contribution in [3.8, 4) is 0 Å². The summed E-state index contributed by atoms with van der Waals surface area (Å²) >= 11 is 0. The van der Waals surface area contributed by atoms with Crippen LogP contribution in [0.1, 0.15) is 39.5 Å². The van der Waals surface area contributed by atoms with Crippen molar-refractivity contribution < 1.29 is 5.11 Å². The summed E-state index contributed by atoms with van der Waals surface area (Å²) in [6.45, 7) is 4.76. The first-order chi connectivity index (χ1) is 5.68. The SMILES string of the molecule is CC(CC1CCC1)NC[C@@H](C)O. The third kappa shape index (κ3) is 3.55. The zero-order valence-corrected chi connectivity index (χ0v) is 8.21. The van der Waals surface area contributed by atoms with Crippen molar-refractivity contribution in [1.29, 1.82) is 0 Å². The van der Waals surface area contributed by atoms with E-state index in [1.807, 2.05) is 6.92 Å². The van der Waals surface area contributed by atoms with Crippen molar-refractivity contribution in [3.05, 3.63) is 0 Å². The Kier molecular flexibility index (Phi) is 4.02. The van der Waals surface area contributed by atoms with Gasteiger partial charge < -0.3 is 10.4 Å². The third-order valence-electron chi connectivity index (χ3n) is 2.67. The second-order valence-corrected chi connectivity index (χ2v) is 4.19. The topological polar surface area (TPSA) is 32.3 Å². The fourth-order valence-corrected chi connectivity index (χ4v) is 1.68. The van der Waals surface area contributed by atoms with Gasteiger partial charge in [-0.1, -0.05) is 19.3 Å². The van der Waals surface area contributed by atoms with Gasteiger partial charge in [0.15, 0.2) is 0 Å². The van der Waals surface area contributed by atoms with Crippen LogP contribution in [0.5, 0.6) is 0 Å². The summed E-state index contributed by atoms with van der Waals surface area (Å²) in [4.78, 5) is 0. The van der Waals surface area contributed by atoms with E-state index >= 15 is 0 Å². The largest absolute Gasteiger partial charge is 0.392 e. The molecule has 1 saturated carbocycles. The molecule has 0 amide bonds. The normalized spacial score (nSPS) is 23.2. The first-order valence-corrected chi connectivity index (χ1v) is 5.10. The molecule has 0 heterocycles. The Labute approximate surface area is 75.4 Å². The van der Waals surface area contributed by atoms with E-state index < -0.39 is 0 Å². The number of rotatable bonds is 5. The van der Waals surface area contributed by atoms with Gasteiger partial charge in [0.05, 0.1) is 6.10 Å². The fraction of sp³-hybridized carbons (Fsp3) is 1.00. The highest BCUT2D eigenvalue weighted by Gasteiger charge is 2.19. The van der Waals surface area contributed by atoms with Crippen LogP contribution in [-0.4, -0.2) is 23.8 Å². The Hall–Kier alpha value is -0.0800. The molecule has 0 aromatic heterocycles. The van der Waals surface area contributed by atoms with Crippen LogP contribution in [0.25, 0.3) is 0 Å². The second kappa shape index (κ2) is 4.83. The van der Waals surface area contributed by atoms with Crippen molar-refractivity contribution in [3.63, 3.8) is 0 Å². The molecule has 12 heavy (non-hydrogen) atoms. The van der Waals surface area contributed by atoms with Crippen molar-refractivity contribution in [2.75, 3.05) is 6.54 Å². The molecule has 0 bridgehead atoms. The summed E-state index contributed by atoms with van der Waals surface area (Å²) in [6, 6.07) is 0.574. The van der Waals surface area contributed by atoms with Crippen molar-refractivity contribution in [1.82, 2.24) is 5.32 Å². The lowest BCUT2D eigenvalue weighted by atomic mass is 9.81. The third-order valence-corrected chi connectivity index (χ3v) is 2.67. The Morgan fingerprint density at radius 2 is 2.08 bits per heavy atom. The highest BCUT2D eigenvalue weighted by Crippen LogP contribution is 2.30. The molecule has 0 spiro atoms. The highest BCUT2D eigenvalue weighted by molar-refractivity contribution is 4.75. The molecule has 1 aliphatic carbocycles. The van der Waals surface area contributed by atoms with E-state index in [9.17, 15) is 0 Å². The molecular weight excluding hydrogens is 150 g/mol. The summed E-state index contributed by atoms with van der Waals surface area (Å²) in [6.07, 6.45) is 5.33. The van der Waals surface area contributed by atoms with Crippen molar-refractivity contribution in [2.24, 2.45) is 5.92 Å². The van der Waals surface area contributed by atoms with Gasteiger partial charge >= 0.3 is 0 Å². The minimum absolute atomic E-state index is 0.214. The van der Waals surface area contributed by atoms with E-state index in [0.29, 0.717) is 6.04 Å². The van der Waals surface area contributed by atoms with Gasteiger partial charge in [-0.3, -0.25) is 0 Å². The van der Waals surface area contributed by atoms with Crippen LogP contribution >= 0.6 is 0 Å². The molecule has 0 aromatic carbocycles. The van der Waals surface area contributed by atoms with E-state index in [0.717, 1.165) is 12.5 Å². The van der Waals surface area contributed by atoms with E-state index in [1.54, 1.807) is 0 Å². The lowest BCUT2D eigenvalue weighted by Crippen LogP contribution is -2.34. The van der Waals surface area contributed by atoms with Crippen molar-refractivity contribution >= 4 is 0 Å². The summed E-state index contributed by atoms with van der Waals surface area (Å²) in [5.41, 5.74) is 0. The van der Waals surface area contributed by atoms with Crippen LogP contribution in [0.2, 0.25) is 0 Å². The predicted octanol–water partition coefficient (Wildman–Crippen LogP) is 1.54. The number of aliphatic hydroxyl groups is 1. The Morgan fingerprint density at radius 3 is 2.50 bits per heavy atom. The molecule has 2 nitrogen and oxygen atoms in total. The summed E-state index contributed by atoms with van der Waals surface area (Å²) in [5, 5.41) is 12.4. The van der Waals surface area contributed by atoms with Crippen LogP contribution in [0.3, 0.4) is 0 Å². The van der Waals surface area contributed by atoms with E-state index in [-0.39, 0.29) is 6.10 Å². The van der Waals surface area contributed by atoms with Gasteiger partial charge in [0.25, 0.3) is 0 Å². The first-order valence-electron chi connectivity index (χ1n) is 5.10. The average Bonchev–Trinajstić information content (AvgIpc) is 1.93. The molecule has 2 atom stereocenters. The summed E-state index contributed by atoms with van der Waals surface area (Å²) in [5.74, 6) is 0.960. The zero-order chi connectivity index (χ0) is 8.97. The van der Waals surface area contributed by atoms with E-state index in [1.165, 1.54) is 25.7 Å². The molecule has 0 saturated heterocycles.